The molecule has 0 saturated heterocycles. The van der Waals surface area contributed by atoms with Gasteiger partial charge in [0.2, 0.25) is 0 Å². The monoisotopic (exact) mass is 399 g/mol. The fourth-order valence-electron chi connectivity index (χ4n) is 1.45. The highest BCUT2D eigenvalue weighted by molar-refractivity contribution is 14.1. The standard InChI is InChI=1S/C12H9F3INO3/c1-2-19-10(18)5-8-9(16)4-3-7(6-17)11(8)20-12(13,14)15/h3-4H,2,5H2,1H3. The number of hydrogen-bond donors (Lipinski definition) is 0. The van der Waals surface area contributed by atoms with Crippen molar-refractivity contribution >= 4 is 28.6 Å². The van der Waals surface area contributed by atoms with Crippen LogP contribution in [0.1, 0.15) is 18.1 Å². The van der Waals surface area contributed by atoms with Crippen LogP contribution in [0, 0.1) is 14.9 Å². The zero-order valence-electron chi connectivity index (χ0n) is 10.3. The van der Waals surface area contributed by atoms with Crippen molar-refractivity contribution in [1.82, 2.24) is 0 Å². The summed E-state index contributed by atoms with van der Waals surface area (Å²) in [6.07, 6.45) is -5.34. The second-order valence-electron chi connectivity index (χ2n) is 3.54. The summed E-state index contributed by atoms with van der Waals surface area (Å²) in [5, 5.41) is 8.85. The van der Waals surface area contributed by atoms with Crippen LogP contribution in [0.15, 0.2) is 12.1 Å². The van der Waals surface area contributed by atoms with Crippen molar-refractivity contribution in [3.8, 4) is 11.8 Å². The number of benzene rings is 1. The predicted octanol–water partition coefficient (Wildman–Crippen LogP) is 3.17. The first-order valence-electron chi connectivity index (χ1n) is 5.41. The number of carbonyl (C=O) groups excluding carboxylic acids is 1. The number of alkyl halides is 3. The van der Waals surface area contributed by atoms with E-state index in [1.54, 1.807) is 35.6 Å². The normalized spacial score (nSPS) is 10.8. The molecule has 0 aliphatic carbocycles. The van der Waals surface area contributed by atoms with Crippen molar-refractivity contribution in [2.45, 2.75) is 19.7 Å². The quantitative estimate of drug-likeness (QED) is 0.577. The summed E-state index contributed by atoms with van der Waals surface area (Å²) in [6, 6.07) is 4.26. The van der Waals surface area contributed by atoms with E-state index in [1.807, 2.05) is 0 Å². The topological polar surface area (TPSA) is 59.3 Å². The lowest BCUT2D eigenvalue weighted by atomic mass is 10.1. The first kappa shape index (κ1) is 16.6. The Morgan fingerprint density at radius 1 is 1.45 bits per heavy atom. The van der Waals surface area contributed by atoms with Gasteiger partial charge in [-0.05, 0) is 41.6 Å². The summed E-state index contributed by atoms with van der Waals surface area (Å²) in [7, 11) is 0. The molecule has 0 bridgehead atoms. The minimum absolute atomic E-state index is 0.0135. The molecule has 0 atom stereocenters. The minimum atomic E-state index is -4.94. The van der Waals surface area contributed by atoms with E-state index in [4.69, 9.17) is 10.00 Å². The Labute approximate surface area is 126 Å². The minimum Gasteiger partial charge on any atom is -0.466 e. The second kappa shape index (κ2) is 6.78. The number of halogens is 4. The van der Waals surface area contributed by atoms with Gasteiger partial charge >= 0.3 is 12.3 Å². The van der Waals surface area contributed by atoms with E-state index in [2.05, 4.69) is 4.74 Å². The maximum Gasteiger partial charge on any atom is 0.573 e. The van der Waals surface area contributed by atoms with E-state index in [0.717, 1.165) is 0 Å². The predicted molar refractivity (Wildman–Crippen MR) is 70.9 cm³/mol. The number of hydrogen-bond acceptors (Lipinski definition) is 4. The molecule has 0 amide bonds. The fourth-order valence-corrected chi connectivity index (χ4v) is 2.06. The average Bonchev–Trinajstić information content (AvgIpc) is 2.32. The van der Waals surface area contributed by atoms with Crippen molar-refractivity contribution in [3.63, 3.8) is 0 Å². The molecule has 1 aromatic carbocycles. The van der Waals surface area contributed by atoms with Crippen molar-refractivity contribution < 1.29 is 27.4 Å². The highest BCUT2D eigenvalue weighted by Crippen LogP contribution is 2.33. The van der Waals surface area contributed by atoms with Gasteiger partial charge in [-0.3, -0.25) is 4.79 Å². The van der Waals surface area contributed by atoms with Crippen LogP contribution in [-0.2, 0) is 16.0 Å². The molecule has 0 saturated carbocycles. The third kappa shape index (κ3) is 4.56. The zero-order chi connectivity index (χ0) is 15.3. The lowest BCUT2D eigenvalue weighted by molar-refractivity contribution is -0.275. The summed E-state index contributed by atoms with van der Waals surface area (Å²) < 4.78 is 46.2. The maximum atomic E-state index is 12.4. The first-order chi connectivity index (χ1) is 9.28. The zero-order valence-corrected chi connectivity index (χ0v) is 12.4. The lowest BCUT2D eigenvalue weighted by Gasteiger charge is -2.15. The molecule has 0 fully saturated rings. The molecule has 0 aromatic heterocycles. The number of nitriles is 1. The van der Waals surface area contributed by atoms with Gasteiger partial charge in [0.05, 0.1) is 18.6 Å². The van der Waals surface area contributed by atoms with Crippen molar-refractivity contribution in [2.24, 2.45) is 0 Å². The Bertz CT molecular complexity index is 552. The van der Waals surface area contributed by atoms with E-state index in [1.165, 1.54) is 12.1 Å². The average molecular weight is 399 g/mol. The molecular weight excluding hydrogens is 390 g/mol. The SMILES string of the molecule is CCOC(=O)Cc1c(I)ccc(C#N)c1OC(F)(F)F. The molecule has 0 spiro atoms. The summed E-state index contributed by atoms with van der Waals surface area (Å²) in [5.74, 6) is -1.34. The van der Waals surface area contributed by atoms with Gasteiger partial charge in [0.25, 0.3) is 0 Å². The Morgan fingerprint density at radius 2 is 2.10 bits per heavy atom. The number of ether oxygens (including phenoxy) is 2. The Kier molecular flexibility index (Phi) is 5.62. The van der Waals surface area contributed by atoms with Crippen molar-refractivity contribution in [3.05, 3.63) is 26.8 Å². The highest BCUT2D eigenvalue weighted by Gasteiger charge is 2.34. The van der Waals surface area contributed by atoms with Gasteiger partial charge in [0.1, 0.15) is 6.07 Å². The van der Waals surface area contributed by atoms with Gasteiger partial charge in [0, 0.05) is 9.13 Å². The molecule has 0 aliphatic heterocycles. The fraction of sp³-hybridized carbons (Fsp3) is 0.333. The molecule has 20 heavy (non-hydrogen) atoms. The van der Waals surface area contributed by atoms with Crippen LogP contribution in [0.5, 0.6) is 5.75 Å². The molecule has 0 unspecified atom stereocenters. The third-order valence-electron chi connectivity index (χ3n) is 2.17. The molecule has 0 aliphatic rings. The van der Waals surface area contributed by atoms with E-state index < -0.39 is 24.5 Å². The van der Waals surface area contributed by atoms with Crippen LogP contribution in [0.4, 0.5) is 13.2 Å². The van der Waals surface area contributed by atoms with E-state index in [9.17, 15) is 18.0 Å². The molecule has 0 radical (unpaired) electrons. The molecule has 1 rings (SSSR count). The van der Waals surface area contributed by atoms with Crippen LogP contribution in [0.3, 0.4) is 0 Å². The maximum absolute atomic E-state index is 12.4. The van der Waals surface area contributed by atoms with E-state index in [0.29, 0.717) is 3.57 Å². The van der Waals surface area contributed by atoms with Crippen LogP contribution in [0.2, 0.25) is 0 Å². The van der Waals surface area contributed by atoms with Gasteiger partial charge < -0.3 is 9.47 Å². The van der Waals surface area contributed by atoms with Crippen molar-refractivity contribution in [2.75, 3.05) is 6.61 Å². The first-order valence-corrected chi connectivity index (χ1v) is 6.49. The molecular formula is C12H9F3INO3. The van der Waals surface area contributed by atoms with E-state index >= 15 is 0 Å². The summed E-state index contributed by atoms with van der Waals surface area (Å²) >= 11 is 1.77. The summed E-state index contributed by atoms with van der Waals surface area (Å²) in [5.41, 5.74) is -0.303. The molecule has 4 nitrogen and oxygen atoms in total. The number of nitrogens with zero attached hydrogens (tertiary/aromatic N) is 1. The molecule has 8 heteroatoms. The second-order valence-corrected chi connectivity index (χ2v) is 4.71. The summed E-state index contributed by atoms with van der Waals surface area (Å²) in [6.45, 7) is 1.70. The highest BCUT2D eigenvalue weighted by atomic mass is 127. The Balaban J connectivity index is 3.26. The van der Waals surface area contributed by atoms with Gasteiger partial charge in [-0.25, -0.2) is 0 Å². The number of esters is 1. The van der Waals surface area contributed by atoms with Gasteiger partial charge in [-0.15, -0.1) is 13.2 Å². The van der Waals surface area contributed by atoms with Crippen LogP contribution in [-0.4, -0.2) is 18.9 Å². The molecule has 1 aromatic rings. The van der Waals surface area contributed by atoms with Gasteiger partial charge in [-0.2, -0.15) is 5.26 Å². The Morgan fingerprint density at radius 3 is 2.60 bits per heavy atom. The molecule has 108 valence electrons. The Hall–Kier alpha value is -1.50. The van der Waals surface area contributed by atoms with Crippen molar-refractivity contribution in [1.29, 1.82) is 5.26 Å². The van der Waals surface area contributed by atoms with Crippen LogP contribution < -0.4 is 4.74 Å². The van der Waals surface area contributed by atoms with Crippen LogP contribution in [0.25, 0.3) is 0 Å². The van der Waals surface area contributed by atoms with Crippen LogP contribution >= 0.6 is 22.6 Å². The largest absolute Gasteiger partial charge is 0.573 e. The van der Waals surface area contributed by atoms with E-state index in [-0.39, 0.29) is 17.7 Å². The number of carbonyl (C=O) groups is 1. The number of rotatable bonds is 4. The molecule has 0 heterocycles. The third-order valence-corrected chi connectivity index (χ3v) is 3.18. The summed E-state index contributed by atoms with van der Waals surface area (Å²) in [4.78, 5) is 11.4. The molecule has 0 N–H and O–H groups in total. The van der Waals surface area contributed by atoms with Gasteiger partial charge in [0.15, 0.2) is 5.75 Å². The van der Waals surface area contributed by atoms with Gasteiger partial charge in [-0.1, -0.05) is 0 Å². The lowest BCUT2D eigenvalue weighted by Crippen LogP contribution is -2.20. The smallest absolute Gasteiger partial charge is 0.466 e.